The average Bonchev–Trinajstić information content (AvgIpc) is 1.79. The quantitative estimate of drug-likeness (QED) is 0.509. The third-order valence-electron chi connectivity index (χ3n) is 1.67. The summed E-state index contributed by atoms with van der Waals surface area (Å²) in [7, 11) is 1.81. The second kappa shape index (κ2) is 2.48. The first-order valence-electron chi connectivity index (χ1n) is 3.25. The van der Waals surface area contributed by atoms with Crippen molar-refractivity contribution in [2.75, 3.05) is 20.3 Å². The van der Waals surface area contributed by atoms with Crippen molar-refractivity contribution in [2.45, 2.75) is 13.3 Å². The van der Waals surface area contributed by atoms with Gasteiger partial charge in [-0.1, -0.05) is 6.92 Å². The lowest BCUT2D eigenvalue weighted by molar-refractivity contribution is -0.0958. The van der Waals surface area contributed by atoms with Crippen LogP contribution in [-0.2, 0) is 4.74 Å². The second-order valence-corrected chi connectivity index (χ2v) is 2.95. The van der Waals surface area contributed by atoms with E-state index in [-0.39, 0.29) is 0 Å². The molecule has 1 aliphatic rings. The van der Waals surface area contributed by atoms with Crippen molar-refractivity contribution in [2.24, 2.45) is 10.4 Å². The van der Waals surface area contributed by atoms with Crippen LogP contribution in [0.4, 0.5) is 0 Å². The van der Waals surface area contributed by atoms with Gasteiger partial charge in [-0.05, 0) is 12.6 Å². The molecule has 1 saturated heterocycles. The lowest BCUT2D eigenvalue weighted by Gasteiger charge is -2.36. The molecule has 9 heavy (non-hydrogen) atoms. The minimum absolute atomic E-state index is 0.402. The molecule has 0 aromatic rings. The molecule has 0 amide bonds. The fourth-order valence-corrected chi connectivity index (χ4v) is 0.880. The zero-order valence-corrected chi connectivity index (χ0v) is 6.05. The lowest BCUT2D eigenvalue weighted by atomic mass is 9.86. The molecule has 0 radical (unpaired) electrons. The van der Waals surface area contributed by atoms with Gasteiger partial charge in [0.1, 0.15) is 0 Å². The van der Waals surface area contributed by atoms with E-state index in [1.165, 1.54) is 0 Å². The van der Waals surface area contributed by atoms with Crippen LogP contribution >= 0.6 is 0 Å². The maximum atomic E-state index is 5.07. The molecule has 0 aliphatic carbocycles. The molecule has 0 atom stereocenters. The summed E-state index contributed by atoms with van der Waals surface area (Å²) >= 11 is 0. The predicted octanol–water partition coefficient (Wildman–Crippen LogP) is 1.11. The Kier molecular flexibility index (Phi) is 1.86. The molecule has 2 heteroatoms. The van der Waals surface area contributed by atoms with E-state index in [9.17, 15) is 0 Å². The van der Waals surface area contributed by atoms with Crippen molar-refractivity contribution in [3.05, 3.63) is 0 Å². The lowest BCUT2D eigenvalue weighted by Crippen LogP contribution is -2.39. The Balaban J connectivity index is 2.24. The molecule has 1 aliphatic heterocycles. The van der Waals surface area contributed by atoms with Crippen LogP contribution in [0.3, 0.4) is 0 Å². The average molecular weight is 127 g/mol. The SMILES string of the molecule is C/N=C/CC1(C)COC1. The molecule has 0 unspecified atom stereocenters. The molecular formula is C7H13NO. The molecule has 1 rings (SSSR count). The van der Waals surface area contributed by atoms with Crippen molar-refractivity contribution in [1.82, 2.24) is 0 Å². The van der Waals surface area contributed by atoms with E-state index < -0.39 is 0 Å². The number of rotatable bonds is 2. The Hall–Kier alpha value is -0.370. The highest BCUT2D eigenvalue weighted by Crippen LogP contribution is 2.28. The van der Waals surface area contributed by atoms with Crippen LogP contribution in [-0.4, -0.2) is 26.5 Å². The number of hydrogen-bond donors (Lipinski definition) is 0. The third kappa shape index (κ3) is 1.52. The number of ether oxygens (including phenoxy) is 1. The maximum Gasteiger partial charge on any atom is 0.0545 e. The van der Waals surface area contributed by atoms with Crippen LogP contribution in [0.1, 0.15) is 13.3 Å². The number of nitrogens with zero attached hydrogens (tertiary/aromatic N) is 1. The number of aliphatic imine (C=N–C) groups is 1. The molecule has 0 spiro atoms. The summed E-state index contributed by atoms with van der Waals surface area (Å²) in [5, 5.41) is 0. The van der Waals surface area contributed by atoms with Crippen molar-refractivity contribution < 1.29 is 4.74 Å². The van der Waals surface area contributed by atoms with Gasteiger partial charge in [0, 0.05) is 12.5 Å². The van der Waals surface area contributed by atoms with E-state index in [0.717, 1.165) is 19.6 Å². The first kappa shape index (κ1) is 6.75. The summed E-state index contributed by atoms with van der Waals surface area (Å²) in [5.74, 6) is 0. The van der Waals surface area contributed by atoms with Gasteiger partial charge >= 0.3 is 0 Å². The largest absolute Gasteiger partial charge is 0.380 e. The van der Waals surface area contributed by atoms with Crippen LogP contribution in [0.15, 0.2) is 4.99 Å². The molecular weight excluding hydrogens is 114 g/mol. The minimum Gasteiger partial charge on any atom is -0.380 e. The number of hydrogen-bond acceptors (Lipinski definition) is 2. The highest BCUT2D eigenvalue weighted by molar-refractivity contribution is 5.58. The van der Waals surface area contributed by atoms with E-state index >= 15 is 0 Å². The van der Waals surface area contributed by atoms with Crippen LogP contribution in [0.5, 0.6) is 0 Å². The van der Waals surface area contributed by atoms with E-state index in [4.69, 9.17) is 4.74 Å². The first-order chi connectivity index (χ1) is 4.27. The van der Waals surface area contributed by atoms with Gasteiger partial charge < -0.3 is 9.73 Å². The van der Waals surface area contributed by atoms with Crippen LogP contribution in [0.2, 0.25) is 0 Å². The fraction of sp³-hybridized carbons (Fsp3) is 0.857. The van der Waals surface area contributed by atoms with Crippen LogP contribution < -0.4 is 0 Å². The summed E-state index contributed by atoms with van der Waals surface area (Å²) in [4.78, 5) is 3.92. The Bertz CT molecular complexity index is 116. The zero-order chi connectivity index (χ0) is 6.74. The van der Waals surface area contributed by atoms with Gasteiger partial charge in [-0.25, -0.2) is 0 Å². The third-order valence-corrected chi connectivity index (χ3v) is 1.67. The molecule has 52 valence electrons. The maximum absolute atomic E-state index is 5.07. The van der Waals surface area contributed by atoms with E-state index in [2.05, 4.69) is 11.9 Å². The van der Waals surface area contributed by atoms with Crippen molar-refractivity contribution in [3.8, 4) is 0 Å². The summed E-state index contributed by atoms with van der Waals surface area (Å²) in [6.45, 7) is 4.02. The molecule has 0 aromatic heterocycles. The first-order valence-corrected chi connectivity index (χ1v) is 3.25. The van der Waals surface area contributed by atoms with E-state index in [1.54, 1.807) is 0 Å². The van der Waals surface area contributed by atoms with Gasteiger partial charge in [0.15, 0.2) is 0 Å². The highest BCUT2D eigenvalue weighted by Gasteiger charge is 2.31. The normalized spacial score (nSPS) is 24.2. The topological polar surface area (TPSA) is 21.6 Å². The van der Waals surface area contributed by atoms with Gasteiger partial charge in [-0.15, -0.1) is 0 Å². The Morgan fingerprint density at radius 2 is 2.33 bits per heavy atom. The van der Waals surface area contributed by atoms with Gasteiger partial charge in [0.2, 0.25) is 0 Å². The Morgan fingerprint density at radius 3 is 2.67 bits per heavy atom. The molecule has 2 nitrogen and oxygen atoms in total. The van der Waals surface area contributed by atoms with Crippen LogP contribution in [0.25, 0.3) is 0 Å². The summed E-state index contributed by atoms with van der Waals surface area (Å²) in [6, 6.07) is 0. The summed E-state index contributed by atoms with van der Waals surface area (Å²) in [5.41, 5.74) is 0.402. The van der Waals surface area contributed by atoms with Crippen molar-refractivity contribution >= 4 is 6.21 Å². The van der Waals surface area contributed by atoms with Gasteiger partial charge in [-0.2, -0.15) is 0 Å². The van der Waals surface area contributed by atoms with E-state index in [1.807, 2.05) is 13.3 Å². The smallest absolute Gasteiger partial charge is 0.0545 e. The second-order valence-electron chi connectivity index (χ2n) is 2.95. The molecule has 0 bridgehead atoms. The zero-order valence-electron chi connectivity index (χ0n) is 6.05. The fourth-order valence-electron chi connectivity index (χ4n) is 0.880. The summed E-state index contributed by atoms with van der Waals surface area (Å²) in [6.07, 6.45) is 3.02. The molecule has 1 heterocycles. The predicted molar refractivity (Wildman–Crippen MR) is 38.0 cm³/mol. The van der Waals surface area contributed by atoms with Crippen molar-refractivity contribution in [3.63, 3.8) is 0 Å². The standard InChI is InChI=1S/C7H13NO/c1-7(3-4-8-2)5-9-6-7/h4H,3,5-6H2,1-2H3/b8-4+. The Labute approximate surface area is 55.9 Å². The van der Waals surface area contributed by atoms with Gasteiger partial charge in [-0.3, -0.25) is 0 Å². The van der Waals surface area contributed by atoms with Gasteiger partial charge in [0.25, 0.3) is 0 Å². The van der Waals surface area contributed by atoms with Crippen LogP contribution in [0, 0.1) is 5.41 Å². The molecule has 1 fully saturated rings. The molecule has 0 saturated carbocycles. The Morgan fingerprint density at radius 1 is 1.67 bits per heavy atom. The summed E-state index contributed by atoms with van der Waals surface area (Å²) < 4.78 is 5.07. The molecule has 0 N–H and O–H groups in total. The molecule has 0 aromatic carbocycles. The minimum atomic E-state index is 0.402. The van der Waals surface area contributed by atoms with Crippen molar-refractivity contribution in [1.29, 1.82) is 0 Å². The monoisotopic (exact) mass is 127 g/mol. The highest BCUT2D eigenvalue weighted by atomic mass is 16.5. The van der Waals surface area contributed by atoms with Gasteiger partial charge in [0.05, 0.1) is 13.2 Å². The van der Waals surface area contributed by atoms with E-state index in [0.29, 0.717) is 5.41 Å².